The maximum Gasteiger partial charge on any atom is 0.259 e. The van der Waals surface area contributed by atoms with Crippen LogP contribution in [-0.2, 0) is 10.0 Å². The molecule has 2 aromatic carbocycles. The van der Waals surface area contributed by atoms with E-state index in [1.165, 1.54) is 4.31 Å². The molecule has 0 aliphatic carbocycles. The zero-order chi connectivity index (χ0) is 19.9. The average molecular weight is 401 g/mol. The molecule has 148 valence electrons. The van der Waals surface area contributed by atoms with E-state index in [0.717, 1.165) is 18.4 Å². The largest absolute Gasteiger partial charge is 0.489 e. The number of hydrogen-bond donors (Lipinski definition) is 1. The zero-order valence-electron chi connectivity index (χ0n) is 16.0. The number of para-hydroxylation sites is 1. The fourth-order valence-corrected chi connectivity index (χ4v) is 5.27. The second-order valence-electron chi connectivity index (χ2n) is 7.43. The summed E-state index contributed by atoms with van der Waals surface area (Å²) in [5, 5.41) is 2.84. The highest BCUT2D eigenvalue weighted by Crippen LogP contribution is 2.40. The summed E-state index contributed by atoms with van der Waals surface area (Å²) in [6, 6.07) is 11.9. The monoisotopic (exact) mass is 400 g/mol. The first-order valence-electron chi connectivity index (χ1n) is 9.59. The smallest absolute Gasteiger partial charge is 0.259 e. The molecule has 2 aromatic rings. The normalized spacial score (nSPS) is 21.9. The molecule has 1 fully saturated rings. The van der Waals surface area contributed by atoms with Gasteiger partial charge in [0.25, 0.3) is 5.91 Å². The highest BCUT2D eigenvalue weighted by molar-refractivity contribution is 7.89. The SMILES string of the molecule is C[C@@H]1c2cccc(C(=O)Nc3ccc(S(=O)(=O)N4CCCC4)cc3)c2O[C@@H]1C. The van der Waals surface area contributed by atoms with Crippen LogP contribution in [0.3, 0.4) is 0 Å². The minimum absolute atomic E-state index is 0.0269. The van der Waals surface area contributed by atoms with Crippen LogP contribution in [0, 0.1) is 0 Å². The summed E-state index contributed by atoms with van der Waals surface area (Å²) < 4.78 is 32.6. The average Bonchev–Trinajstić information content (AvgIpc) is 3.32. The molecule has 2 aliphatic heterocycles. The Labute approximate surface area is 165 Å². The summed E-state index contributed by atoms with van der Waals surface area (Å²) >= 11 is 0. The number of fused-ring (bicyclic) bond motifs is 1. The molecule has 28 heavy (non-hydrogen) atoms. The van der Waals surface area contributed by atoms with Crippen molar-refractivity contribution in [2.45, 2.75) is 43.6 Å². The van der Waals surface area contributed by atoms with E-state index in [4.69, 9.17) is 4.74 Å². The van der Waals surface area contributed by atoms with E-state index in [9.17, 15) is 13.2 Å². The van der Waals surface area contributed by atoms with Crippen LogP contribution in [-0.4, -0.2) is 37.8 Å². The fraction of sp³-hybridized carbons (Fsp3) is 0.381. The third kappa shape index (κ3) is 3.29. The molecular formula is C21H24N2O4S. The zero-order valence-corrected chi connectivity index (χ0v) is 16.8. The molecule has 1 N–H and O–H groups in total. The Hall–Kier alpha value is -2.38. The van der Waals surface area contributed by atoms with Gasteiger partial charge in [-0.15, -0.1) is 0 Å². The number of ether oxygens (including phenoxy) is 1. The van der Waals surface area contributed by atoms with Crippen LogP contribution < -0.4 is 10.1 Å². The number of rotatable bonds is 4. The Morgan fingerprint density at radius 1 is 1.07 bits per heavy atom. The molecule has 2 aliphatic rings. The van der Waals surface area contributed by atoms with Crippen LogP contribution in [0.15, 0.2) is 47.4 Å². The molecule has 0 radical (unpaired) electrons. The Balaban J connectivity index is 1.52. The first-order valence-corrected chi connectivity index (χ1v) is 11.0. The predicted octanol–water partition coefficient (Wildman–Crippen LogP) is 3.61. The third-order valence-electron chi connectivity index (χ3n) is 5.60. The minimum Gasteiger partial charge on any atom is -0.489 e. The lowest BCUT2D eigenvalue weighted by molar-refractivity contribution is 0.102. The van der Waals surface area contributed by atoms with Gasteiger partial charge in [0.15, 0.2) is 0 Å². The van der Waals surface area contributed by atoms with E-state index in [-0.39, 0.29) is 22.8 Å². The summed E-state index contributed by atoms with van der Waals surface area (Å²) in [6.45, 7) is 5.21. The van der Waals surface area contributed by atoms with Gasteiger partial charge in [-0.3, -0.25) is 4.79 Å². The molecule has 2 atom stereocenters. The van der Waals surface area contributed by atoms with E-state index < -0.39 is 10.0 Å². The van der Waals surface area contributed by atoms with E-state index >= 15 is 0 Å². The highest BCUT2D eigenvalue weighted by Gasteiger charge is 2.31. The molecule has 0 saturated carbocycles. The van der Waals surface area contributed by atoms with E-state index in [1.54, 1.807) is 30.3 Å². The number of benzene rings is 2. The number of carbonyl (C=O) groups is 1. The Morgan fingerprint density at radius 2 is 1.75 bits per heavy atom. The molecule has 0 spiro atoms. The van der Waals surface area contributed by atoms with E-state index in [1.807, 2.05) is 19.1 Å². The van der Waals surface area contributed by atoms with Crippen molar-refractivity contribution in [2.75, 3.05) is 18.4 Å². The van der Waals surface area contributed by atoms with Crippen molar-refractivity contribution in [3.05, 3.63) is 53.6 Å². The van der Waals surface area contributed by atoms with Gasteiger partial charge in [-0.2, -0.15) is 4.31 Å². The number of nitrogens with zero attached hydrogens (tertiary/aromatic N) is 1. The molecule has 4 rings (SSSR count). The molecule has 0 bridgehead atoms. The summed E-state index contributed by atoms with van der Waals surface area (Å²) in [6.07, 6.45) is 1.82. The Bertz CT molecular complexity index is 996. The van der Waals surface area contributed by atoms with Gasteiger partial charge in [-0.1, -0.05) is 19.1 Å². The molecular weight excluding hydrogens is 376 g/mol. The van der Waals surface area contributed by atoms with Crippen molar-refractivity contribution in [1.29, 1.82) is 0 Å². The third-order valence-corrected chi connectivity index (χ3v) is 7.52. The van der Waals surface area contributed by atoms with Crippen molar-refractivity contribution in [1.82, 2.24) is 4.31 Å². The van der Waals surface area contributed by atoms with Crippen LogP contribution >= 0.6 is 0 Å². The lowest BCUT2D eigenvalue weighted by Crippen LogP contribution is -2.27. The van der Waals surface area contributed by atoms with Crippen LogP contribution in [0.1, 0.15) is 48.5 Å². The first kappa shape index (κ1) is 19.0. The number of nitrogens with one attached hydrogen (secondary N) is 1. The topological polar surface area (TPSA) is 75.7 Å². The number of hydrogen-bond acceptors (Lipinski definition) is 4. The molecule has 0 unspecified atom stereocenters. The quantitative estimate of drug-likeness (QED) is 0.851. The van der Waals surface area contributed by atoms with Gasteiger partial charge in [0.05, 0.1) is 10.5 Å². The van der Waals surface area contributed by atoms with Gasteiger partial charge < -0.3 is 10.1 Å². The second-order valence-corrected chi connectivity index (χ2v) is 9.36. The molecule has 1 saturated heterocycles. The highest BCUT2D eigenvalue weighted by atomic mass is 32.2. The molecule has 2 heterocycles. The van der Waals surface area contributed by atoms with Gasteiger partial charge in [-0.05, 0) is 50.1 Å². The van der Waals surface area contributed by atoms with Crippen molar-refractivity contribution in [3.63, 3.8) is 0 Å². The van der Waals surface area contributed by atoms with Crippen LogP contribution in [0.5, 0.6) is 5.75 Å². The standard InChI is InChI=1S/C21H24N2O4S/c1-14-15(2)27-20-18(14)6-5-7-19(20)21(24)22-16-8-10-17(11-9-16)28(25,26)23-12-3-4-13-23/h5-11,14-15H,3-4,12-13H2,1-2H3,(H,22,24)/t14-,15+/m0/s1. The fourth-order valence-electron chi connectivity index (χ4n) is 3.75. The predicted molar refractivity (Wildman–Crippen MR) is 107 cm³/mol. The first-order chi connectivity index (χ1) is 13.4. The van der Waals surface area contributed by atoms with Gasteiger partial charge in [-0.25, -0.2) is 8.42 Å². The van der Waals surface area contributed by atoms with Crippen molar-refractivity contribution < 1.29 is 17.9 Å². The van der Waals surface area contributed by atoms with E-state index in [0.29, 0.717) is 30.1 Å². The van der Waals surface area contributed by atoms with Crippen LogP contribution in [0.4, 0.5) is 5.69 Å². The van der Waals surface area contributed by atoms with Gasteiger partial charge >= 0.3 is 0 Å². The van der Waals surface area contributed by atoms with E-state index in [2.05, 4.69) is 12.2 Å². The van der Waals surface area contributed by atoms with Crippen molar-refractivity contribution in [2.24, 2.45) is 0 Å². The number of anilines is 1. The lowest BCUT2D eigenvalue weighted by Gasteiger charge is -2.16. The number of carbonyl (C=O) groups excluding carboxylic acids is 1. The number of sulfonamides is 1. The molecule has 1 amide bonds. The number of amides is 1. The van der Waals surface area contributed by atoms with Crippen molar-refractivity contribution >= 4 is 21.6 Å². The van der Waals surface area contributed by atoms with Gasteiger partial charge in [0.1, 0.15) is 11.9 Å². The maximum atomic E-state index is 12.8. The summed E-state index contributed by atoms with van der Waals surface area (Å²) in [4.78, 5) is 13.0. The van der Waals surface area contributed by atoms with Crippen LogP contribution in [0.25, 0.3) is 0 Å². The van der Waals surface area contributed by atoms with Crippen molar-refractivity contribution in [3.8, 4) is 5.75 Å². The second kappa shape index (κ2) is 7.22. The molecule has 0 aromatic heterocycles. The Kier molecular flexibility index (Phi) is 4.89. The summed E-state index contributed by atoms with van der Waals surface area (Å²) in [7, 11) is -3.46. The van der Waals surface area contributed by atoms with Gasteiger partial charge in [0.2, 0.25) is 10.0 Å². The summed E-state index contributed by atoms with van der Waals surface area (Å²) in [5.74, 6) is 0.597. The maximum absolute atomic E-state index is 12.8. The minimum atomic E-state index is -3.46. The molecule has 6 nitrogen and oxygen atoms in total. The van der Waals surface area contributed by atoms with Crippen LogP contribution in [0.2, 0.25) is 0 Å². The Morgan fingerprint density at radius 3 is 2.43 bits per heavy atom. The summed E-state index contributed by atoms with van der Waals surface area (Å²) in [5.41, 5.74) is 2.07. The van der Waals surface area contributed by atoms with Gasteiger partial charge in [0, 0.05) is 30.3 Å². The lowest BCUT2D eigenvalue weighted by atomic mass is 9.97. The molecule has 7 heteroatoms.